The van der Waals surface area contributed by atoms with Crippen molar-refractivity contribution in [3.63, 3.8) is 0 Å². The predicted molar refractivity (Wildman–Crippen MR) is 122 cm³/mol. The highest BCUT2D eigenvalue weighted by atomic mass is 32.1. The van der Waals surface area contributed by atoms with E-state index in [-0.39, 0.29) is 23.9 Å². The first-order valence-corrected chi connectivity index (χ1v) is 11.8. The van der Waals surface area contributed by atoms with Crippen LogP contribution >= 0.6 is 11.3 Å². The van der Waals surface area contributed by atoms with Gasteiger partial charge in [0, 0.05) is 35.6 Å². The van der Waals surface area contributed by atoms with Gasteiger partial charge >= 0.3 is 6.03 Å². The van der Waals surface area contributed by atoms with Gasteiger partial charge in [0.25, 0.3) is 0 Å². The van der Waals surface area contributed by atoms with Crippen LogP contribution in [0.4, 0.5) is 10.5 Å². The number of anilines is 1. The van der Waals surface area contributed by atoms with Gasteiger partial charge in [-0.3, -0.25) is 9.69 Å². The number of carbonyl (C=O) groups excluding carboxylic acids is 2. The maximum atomic E-state index is 12.8. The van der Waals surface area contributed by atoms with Crippen LogP contribution in [-0.4, -0.2) is 43.0 Å². The Balaban J connectivity index is 1.33. The van der Waals surface area contributed by atoms with Crippen LogP contribution < -0.4 is 10.2 Å². The van der Waals surface area contributed by atoms with Crippen LogP contribution in [0.2, 0.25) is 0 Å². The van der Waals surface area contributed by atoms with Crippen molar-refractivity contribution >= 4 is 29.0 Å². The summed E-state index contributed by atoms with van der Waals surface area (Å²) in [7, 11) is 0. The monoisotopic (exact) mass is 425 g/mol. The lowest BCUT2D eigenvalue weighted by molar-refractivity contribution is -0.121. The molecule has 2 aliphatic rings. The summed E-state index contributed by atoms with van der Waals surface area (Å²) in [5, 5.41) is 5.24. The Hall–Kier alpha value is -2.34. The molecule has 0 radical (unpaired) electrons. The zero-order valence-electron chi connectivity index (χ0n) is 17.9. The van der Waals surface area contributed by atoms with E-state index in [2.05, 4.69) is 48.8 Å². The second kappa shape index (κ2) is 8.80. The van der Waals surface area contributed by atoms with Crippen LogP contribution in [0.15, 0.2) is 41.8 Å². The van der Waals surface area contributed by atoms with Crippen molar-refractivity contribution in [3.8, 4) is 0 Å². The third-order valence-electron chi connectivity index (χ3n) is 6.53. The van der Waals surface area contributed by atoms with Gasteiger partial charge in [-0.1, -0.05) is 44.9 Å². The van der Waals surface area contributed by atoms with Crippen molar-refractivity contribution in [3.05, 3.63) is 52.2 Å². The van der Waals surface area contributed by atoms with Crippen molar-refractivity contribution in [1.82, 2.24) is 10.2 Å². The lowest BCUT2D eigenvalue weighted by atomic mass is 9.84. The van der Waals surface area contributed by atoms with Crippen LogP contribution in [0.1, 0.15) is 55.9 Å². The van der Waals surface area contributed by atoms with Gasteiger partial charge in [-0.05, 0) is 47.9 Å². The van der Waals surface area contributed by atoms with E-state index in [0.717, 1.165) is 18.5 Å². The predicted octanol–water partition coefficient (Wildman–Crippen LogP) is 4.74. The van der Waals surface area contributed by atoms with Gasteiger partial charge in [0.05, 0.1) is 0 Å². The average Bonchev–Trinajstić information content (AvgIpc) is 3.49. The maximum Gasteiger partial charge on any atom is 0.325 e. The third-order valence-corrected chi connectivity index (χ3v) is 7.65. The number of hydrogen-bond acceptors (Lipinski definition) is 3. The molecule has 1 aliphatic heterocycles. The van der Waals surface area contributed by atoms with Crippen molar-refractivity contribution in [1.29, 1.82) is 0 Å². The highest BCUT2D eigenvalue weighted by Crippen LogP contribution is 2.42. The standard InChI is InChI=1S/C24H31N3O2S/c1-18(2)19-7-9-20(10-8-19)27-14-13-26(23(27)29)16-22(28)25-17-24(11-3-4-12-24)21-6-5-15-30-21/h5-10,15,18H,3-4,11-14,16-17H2,1-2H3,(H,25,28). The molecule has 1 saturated carbocycles. The largest absolute Gasteiger partial charge is 0.354 e. The van der Waals surface area contributed by atoms with Crippen LogP contribution in [0.5, 0.6) is 0 Å². The summed E-state index contributed by atoms with van der Waals surface area (Å²) < 4.78 is 0. The van der Waals surface area contributed by atoms with Crippen LogP contribution in [0.25, 0.3) is 0 Å². The maximum absolute atomic E-state index is 12.8. The Morgan fingerprint density at radius 2 is 1.87 bits per heavy atom. The first-order chi connectivity index (χ1) is 14.5. The molecule has 1 aliphatic carbocycles. The molecular formula is C24H31N3O2S. The Bertz CT molecular complexity index is 870. The molecule has 0 spiro atoms. The van der Waals surface area contributed by atoms with Crippen LogP contribution in [-0.2, 0) is 10.2 Å². The summed E-state index contributed by atoms with van der Waals surface area (Å²) in [5.41, 5.74) is 2.23. The number of carbonyl (C=O) groups is 2. The highest BCUT2D eigenvalue weighted by molar-refractivity contribution is 7.10. The van der Waals surface area contributed by atoms with Gasteiger partial charge < -0.3 is 10.2 Å². The Kier molecular flexibility index (Phi) is 6.14. The summed E-state index contributed by atoms with van der Waals surface area (Å²) in [6, 6.07) is 12.4. The number of rotatable bonds is 7. The number of benzene rings is 1. The Labute approximate surface area is 183 Å². The van der Waals surface area contributed by atoms with Gasteiger partial charge in [-0.2, -0.15) is 0 Å². The quantitative estimate of drug-likeness (QED) is 0.696. The fourth-order valence-corrected chi connectivity index (χ4v) is 5.63. The van der Waals surface area contributed by atoms with Crippen molar-refractivity contribution < 1.29 is 9.59 Å². The molecule has 5 nitrogen and oxygen atoms in total. The summed E-state index contributed by atoms with van der Waals surface area (Å²) in [6.45, 7) is 6.30. The smallest absolute Gasteiger partial charge is 0.325 e. The minimum absolute atomic E-state index is 0.0665. The fourth-order valence-electron chi connectivity index (χ4n) is 4.65. The molecule has 160 valence electrons. The van der Waals surface area contributed by atoms with Gasteiger partial charge in [-0.25, -0.2) is 4.79 Å². The molecule has 6 heteroatoms. The number of nitrogens with one attached hydrogen (secondary N) is 1. The second-order valence-electron chi connectivity index (χ2n) is 8.84. The summed E-state index contributed by atoms with van der Waals surface area (Å²) in [6.07, 6.45) is 4.67. The molecule has 4 rings (SSSR count). The molecule has 2 fully saturated rings. The molecule has 2 aromatic rings. The van der Waals surface area contributed by atoms with Crippen LogP contribution in [0.3, 0.4) is 0 Å². The number of urea groups is 1. The lowest BCUT2D eigenvalue weighted by Gasteiger charge is -2.28. The molecule has 2 heterocycles. The van der Waals surface area contributed by atoms with Gasteiger partial charge in [-0.15, -0.1) is 11.3 Å². The molecule has 1 aromatic carbocycles. The fraction of sp³-hybridized carbons (Fsp3) is 0.500. The second-order valence-corrected chi connectivity index (χ2v) is 9.79. The zero-order chi connectivity index (χ0) is 21.1. The molecular weight excluding hydrogens is 394 g/mol. The average molecular weight is 426 g/mol. The SMILES string of the molecule is CC(C)c1ccc(N2CCN(CC(=O)NCC3(c4cccs4)CCCC3)C2=O)cc1. The summed E-state index contributed by atoms with van der Waals surface area (Å²) >= 11 is 1.78. The summed E-state index contributed by atoms with van der Waals surface area (Å²) in [5.74, 6) is 0.397. The molecule has 0 bridgehead atoms. The Morgan fingerprint density at radius 1 is 1.13 bits per heavy atom. The third kappa shape index (κ3) is 4.24. The molecule has 0 unspecified atom stereocenters. The normalized spacial score (nSPS) is 18.4. The molecule has 1 aromatic heterocycles. The van der Waals surface area contributed by atoms with Crippen molar-refractivity contribution in [2.75, 3.05) is 31.1 Å². The number of amides is 3. The number of nitrogens with zero attached hydrogens (tertiary/aromatic N) is 2. The molecule has 30 heavy (non-hydrogen) atoms. The van der Waals surface area contributed by atoms with Crippen molar-refractivity contribution in [2.24, 2.45) is 0 Å². The van der Waals surface area contributed by atoms with E-state index in [9.17, 15) is 9.59 Å². The topological polar surface area (TPSA) is 52.6 Å². The van der Waals surface area contributed by atoms with Crippen molar-refractivity contribution in [2.45, 2.75) is 50.9 Å². The minimum atomic E-state index is -0.0868. The van der Waals surface area contributed by atoms with E-state index in [1.54, 1.807) is 21.1 Å². The van der Waals surface area contributed by atoms with E-state index < -0.39 is 0 Å². The molecule has 1 N–H and O–H groups in total. The zero-order valence-corrected chi connectivity index (χ0v) is 18.7. The number of thiophene rings is 1. The van der Waals surface area contributed by atoms with Gasteiger partial charge in [0.1, 0.15) is 6.54 Å². The molecule has 0 atom stereocenters. The lowest BCUT2D eigenvalue weighted by Crippen LogP contribution is -2.44. The van der Waals surface area contributed by atoms with E-state index >= 15 is 0 Å². The Morgan fingerprint density at radius 3 is 2.50 bits per heavy atom. The van der Waals surface area contributed by atoms with Gasteiger partial charge in [0.2, 0.25) is 5.91 Å². The molecule has 3 amide bonds. The molecule has 1 saturated heterocycles. The highest BCUT2D eigenvalue weighted by Gasteiger charge is 2.37. The first kappa shape index (κ1) is 20.9. The first-order valence-electron chi connectivity index (χ1n) is 11.0. The van der Waals surface area contributed by atoms with E-state index in [0.29, 0.717) is 25.6 Å². The van der Waals surface area contributed by atoms with E-state index in [4.69, 9.17) is 0 Å². The van der Waals surface area contributed by atoms with Crippen LogP contribution in [0, 0.1) is 0 Å². The summed E-state index contributed by atoms with van der Waals surface area (Å²) in [4.78, 5) is 30.3. The minimum Gasteiger partial charge on any atom is -0.354 e. The van der Waals surface area contributed by atoms with Gasteiger partial charge in [0.15, 0.2) is 0 Å². The van der Waals surface area contributed by atoms with E-state index in [1.807, 2.05) is 12.1 Å². The number of hydrogen-bond donors (Lipinski definition) is 1. The van der Waals surface area contributed by atoms with E-state index in [1.165, 1.54) is 23.3 Å².